The van der Waals surface area contributed by atoms with E-state index in [0.717, 1.165) is 37.8 Å². The molecular weight excluding hydrogens is 330 g/mol. The topological polar surface area (TPSA) is 29.1 Å². The Balaban J connectivity index is 2.06. The van der Waals surface area contributed by atoms with Crippen LogP contribution in [0.4, 0.5) is 0 Å². The summed E-state index contributed by atoms with van der Waals surface area (Å²) in [5, 5.41) is 3.46. The Kier molecular flexibility index (Phi) is 12.8. The highest BCUT2D eigenvalue weighted by Crippen LogP contribution is 2.37. The van der Waals surface area contributed by atoms with Crippen LogP contribution in [0.1, 0.15) is 130 Å². The van der Waals surface area contributed by atoms with Crippen molar-refractivity contribution in [2.45, 2.75) is 130 Å². The molecule has 1 N–H and O–H groups in total. The van der Waals surface area contributed by atoms with E-state index in [1.807, 2.05) is 0 Å². The second kappa shape index (κ2) is 14.2. The molecule has 158 valence electrons. The molecule has 0 saturated carbocycles. The van der Waals surface area contributed by atoms with Crippen molar-refractivity contribution in [3.8, 4) is 0 Å². The minimum absolute atomic E-state index is 0.0458. The summed E-state index contributed by atoms with van der Waals surface area (Å²) < 4.78 is 0. The second-order valence-corrected chi connectivity index (χ2v) is 9.18. The van der Waals surface area contributed by atoms with Gasteiger partial charge in [0.1, 0.15) is 0 Å². The molecule has 0 saturated heterocycles. The van der Waals surface area contributed by atoms with Crippen molar-refractivity contribution in [1.29, 1.82) is 0 Å². The summed E-state index contributed by atoms with van der Waals surface area (Å²) in [7, 11) is 0. The van der Waals surface area contributed by atoms with Crippen molar-refractivity contribution in [2.24, 2.45) is 5.41 Å². The lowest BCUT2D eigenvalue weighted by molar-refractivity contribution is -0.116. The molecule has 0 aromatic rings. The number of hydrogen-bond acceptors (Lipinski definition) is 2. The molecule has 0 fully saturated rings. The van der Waals surface area contributed by atoms with E-state index in [1.165, 1.54) is 82.7 Å². The minimum atomic E-state index is 0.0458. The minimum Gasteiger partial charge on any atom is -0.388 e. The van der Waals surface area contributed by atoms with Gasteiger partial charge in [0, 0.05) is 24.2 Å². The fourth-order valence-corrected chi connectivity index (χ4v) is 4.42. The number of carbonyl (C=O) groups is 1. The lowest BCUT2D eigenvalue weighted by atomic mass is 9.74. The van der Waals surface area contributed by atoms with E-state index in [-0.39, 0.29) is 5.41 Å². The number of ketones is 1. The summed E-state index contributed by atoms with van der Waals surface area (Å²) in [6.45, 7) is 9.92. The van der Waals surface area contributed by atoms with E-state index in [9.17, 15) is 4.79 Å². The van der Waals surface area contributed by atoms with Crippen LogP contribution in [-0.2, 0) is 4.79 Å². The van der Waals surface area contributed by atoms with Crippen LogP contribution in [0.3, 0.4) is 0 Å². The normalized spacial score (nSPS) is 16.4. The largest absolute Gasteiger partial charge is 0.388 e. The maximum atomic E-state index is 12.8. The van der Waals surface area contributed by atoms with Gasteiger partial charge in [-0.3, -0.25) is 4.79 Å². The molecule has 2 nitrogen and oxygen atoms in total. The molecule has 2 heteroatoms. The lowest BCUT2D eigenvalue weighted by Gasteiger charge is -2.35. The molecule has 0 radical (unpaired) electrons. The number of allylic oxidation sites excluding steroid dienone is 2. The molecule has 0 bridgehead atoms. The van der Waals surface area contributed by atoms with Crippen LogP contribution in [0, 0.1) is 5.41 Å². The first-order valence-electron chi connectivity index (χ1n) is 12.0. The van der Waals surface area contributed by atoms with Crippen molar-refractivity contribution in [3.05, 3.63) is 11.3 Å². The Labute approximate surface area is 170 Å². The van der Waals surface area contributed by atoms with E-state index >= 15 is 0 Å². The van der Waals surface area contributed by atoms with Crippen molar-refractivity contribution in [1.82, 2.24) is 5.32 Å². The van der Waals surface area contributed by atoms with E-state index in [0.29, 0.717) is 5.78 Å². The van der Waals surface area contributed by atoms with E-state index in [4.69, 9.17) is 0 Å². The van der Waals surface area contributed by atoms with Gasteiger partial charge in [0.25, 0.3) is 0 Å². The fourth-order valence-electron chi connectivity index (χ4n) is 4.42. The van der Waals surface area contributed by atoms with Gasteiger partial charge < -0.3 is 5.32 Å². The quantitative estimate of drug-likeness (QED) is 0.279. The van der Waals surface area contributed by atoms with Crippen LogP contribution < -0.4 is 5.32 Å². The number of carbonyl (C=O) groups excluding carboxylic acids is 1. The predicted octanol–water partition coefficient (Wildman–Crippen LogP) is 7.72. The van der Waals surface area contributed by atoms with Gasteiger partial charge in [-0.25, -0.2) is 0 Å². The summed E-state index contributed by atoms with van der Waals surface area (Å²) >= 11 is 0. The molecule has 0 atom stereocenters. The number of Topliss-reactive ketones (excluding diaryl/α,β-unsaturated/α-hetero) is 1. The first kappa shape index (κ1) is 24.2. The highest BCUT2D eigenvalue weighted by atomic mass is 16.1. The zero-order chi connectivity index (χ0) is 20.0. The third-order valence-corrected chi connectivity index (χ3v) is 6.21. The Hall–Kier alpha value is -0.790. The molecule has 0 aliphatic carbocycles. The first-order chi connectivity index (χ1) is 13.0. The summed E-state index contributed by atoms with van der Waals surface area (Å²) in [4.78, 5) is 12.8. The van der Waals surface area contributed by atoms with Crippen LogP contribution in [-0.4, -0.2) is 12.3 Å². The van der Waals surface area contributed by atoms with Crippen LogP contribution in [0.25, 0.3) is 0 Å². The molecule has 0 aromatic heterocycles. The van der Waals surface area contributed by atoms with Gasteiger partial charge in [-0.2, -0.15) is 0 Å². The molecule has 0 aromatic carbocycles. The van der Waals surface area contributed by atoms with Crippen molar-refractivity contribution < 1.29 is 4.79 Å². The van der Waals surface area contributed by atoms with Crippen LogP contribution in [0.2, 0.25) is 0 Å². The van der Waals surface area contributed by atoms with E-state index in [2.05, 4.69) is 33.0 Å². The average Bonchev–Trinajstić information content (AvgIpc) is 2.64. The molecule has 1 aliphatic rings. The van der Waals surface area contributed by atoms with Crippen LogP contribution >= 0.6 is 0 Å². The Bertz CT molecular complexity index is 436. The number of rotatable bonds is 16. The number of hydrogen-bond donors (Lipinski definition) is 1. The smallest absolute Gasteiger partial charge is 0.161 e. The second-order valence-electron chi connectivity index (χ2n) is 9.18. The molecule has 0 unspecified atom stereocenters. The van der Waals surface area contributed by atoms with E-state index < -0.39 is 0 Å². The summed E-state index contributed by atoms with van der Waals surface area (Å²) in [5.74, 6) is 0.395. The number of unbranched alkanes of at least 4 members (excludes halogenated alkanes) is 12. The molecular formula is C25H47NO. The first-order valence-corrected chi connectivity index (χ1v) is 12.0. The molecule has 27 heavy (non-hydrogen) atoms. The van der Waals surface area contributed by atoms with Gasteiger partial charge in [0.05, 0.1) is 0 Å². The SMILES string of the molecule is CCCCCCCCCCCCCCCC(=O)C1=C(CC)NCCC1(C)C. The molecule has 0 amide bonds. The van der Waals surface area contributed by atoms with Crippen molar-refractivity contribution in [2.75, 3.05) is 6.54 Å². The lowest BCUT2D eigenvalue weighted by Crippen LogP contribution is -2.36. The Morgan fingerprint density at radius 3 is 1.78 bits per heavy atom. The maximum Gasteiger partial charge on any atom is 0.161 e. The summed E-state index contributed by atoms with van der Waals surface area (Å²) in [5.41, 5.74) is 2.34. The monoisotopic (exact) mass is 377 g/mol. The fraction of sp³-hybridized carbons (Fsp3) is 0.880. The third-order valence-electron chi connectivity index (χ3n) is 6.21. The summed E-state index contributed by atoms with van der Waals surface area (Å²) in [6, 6.07) is 0. The molecule has 0 spiro atoms. The Morgan fingerprint density at radius 2 is 1.30 bits per heavy atom. The van der Waals surface area contributed by atoms with Gasteiger partial charge in [-0.1, -0.05) is 105 Å². The predicted molar refractivity (Wildman–Crippen MR) is 119 cm³/mol. The van der Waals surface area contributed by atoms with Crippen LogP contribution in [0.15, 0.2) is 11.3 Å². The zero-order valence-corrected chi connectivity index (χ0v) is 18.9. The van der Waals surface area contributed by atoms with Gasteiger partial charge in [-0.05, 0) is 24.7 Å². The average molecular weight is 378 g/mol. The summed E-state index contributed by atoms with van der Waals surface area (Å²) in [6.07, 6.45) is 20.4. The van der Waals surface area contributed by atoms with Gasteiger partial charge in [0.2, 0.25) is 0 Å². The highest BCUT2D eigenvalue weighted by molar-refractivity contribution is 5.97. The standard InChI is InChI=1S/C25H47NO/c1-5-7-8-9-10-11-12-13-14-15-16-17-18-19-23(27)24-22(6-2)26-21-20-25(24,3)4/h26H,5-21H2,1-4H3. The molecule has 1 rings (SSSR count). The zero-order valence-electron chi connectivity index (χ0n) is 18.9. The van der Waals surface area contributed by atoms with Crippen molar-refractivity contribution >= 4 is 5.78 Å². The highest BCUT2D eigenvalue weighted by Gasteiger charge is 2.33. The van der Waals surface area contributed by atoms with Gasteiger partial charge >= 0.3 is 0 Å². The Morgan fingerprint density at radius 1 is 0.815 bits per heavy atom. The third kappa shape index (κ3) is 9.81. The number of nitrogens with one attached hydrogen (secondary N) is 1. The maximum absolute atomic E-state index is 12.8. The van der Waals surface area contributed by atoms with Crippen LogP contribution in [0.5, 0.6) is 0 Å². The van der Waals surface area contributed by atoms with Gasteiger partial charge in [-0.15, -0.1) is 0 Å². The van der Waals surface area contributed by atoms with Gasteiger partial charge in [0.15, 0.2) is 5.78 Å². The molecule has 1 heterocycles. The van der Waals surface area contributed by atoms with Crippen molar-refractivity contribution in [3.63, 3.8) is 0 Å². The molecule has 1 aliphatic heterocycles. The van der Waals surface area contributed by atoms with E-state index in [1.54, 1.807) is 0 Å².